The van der Waals surface area contributed by atoms with Gasteiger partial charge in [0.25, 0.3) is 5.91 Å². The van der Waals surface area contributed by atoms with Crippen LogP contribution in [0.25, 0.3) is 0 Å². The van der Waals surface area contributed by atoms with Gasteiger partial charge in [-0.25, -0.2) is 4.39 Å². The maximum Gasteiger partial charge on any atom is 0.252 e. The molecule has 1 saturated heterocycles. The Morgan fingerprint density at radius 2 is 1.77 bits per heavy atom. The fourth-order valence-electron chi connectivity index (χ4n) is 5.90. The van der Waals surface area contributed by atoms with Crippen molar-refractivity contribution < 1.29 is 24.2 Å². The molecule has 218 valence electrons. The highest BCUT2D eigenvalue weighted by molar-refractivity contribution is 8.00. The average molecular weight is 572 g/mol. The number of piperidine rings is 1. The Balaban J connectivity index is 1.57. The number of thioether (sulfide) groups is 1. The van der Waals surface area contributed by atoms with Crippen molar-refractivity contribution in [1.82, 2.24) is 15.5 Å². The molecule has 9 heteroatoms. The molecule has 40 heavy (non-hydrogen) atoms. The summed E-state index contributed by atoms with van der Waals surface area (Å²) in [5, 5.41) is 27.0. The van der Waals surface area contributed by atoms with Crippen molar-refractivity contribution >= 4 is 23.6 Å². The van der Waals surface area contributed by atoms with E-state index in [2.05, 4.69) is 15.5 Å². The Hall–Kier alpha value is -2.62. The van der Waals surface area contributed by atoms with Gasteiger partial charge in [0.1, 0.15) is 16.9 Å². The van der Waals surface area contributed by atoms with E-state index in [1.165, 1.54) is 42.8 Å². The number of carbonyl (C=O) groups excluding carboxylic acids is 2. The first kappa shape index (κ1) is 30.3. The monoisotopic (exact) mass is 571 g/mol. The SMILES string of the molecule is Cc1c(O)cccc1C(=O)N[C@@H](Sc1ccc(F)cc1)[C@H](O)CN1CC2CCCC[C@H]2C[C@H]1C(=O)NC(C)(C)C. The van der Waals surface area contributed by atoms with Crippen LogP contribution < -0.4 is 10.6 Å². The van der Waals surface area contributed by atoms with Crippen molar-refractivity contribution in [1.29, 1.82) is 0 Å². The number of phenols is 1. The van der Waals surface area contributed by atoms with Gasteiger partial charge in [0.2, 0.25) is 5.91 Å². The number of aliphatic hydroxyl groups excluding tert-OH is 1. The van der Waals surface area contributed by atoms with Gasteiger partial charge in [-0.3, -0.25) is 14.5 Å². The summed E-state index contributed by atoms with van der Waals surface area (Å²) >= 11 is 1.23. The quantitative estimate of drug-likeness (QED) is 0.267. The second kappa shape index (κ2) is 12.9. The summed E-state index contributed by atoms with van der Waals surface area (Å²) < 4.78 is 13.6. The van der Waals surface area contributed by atoms with Crippen LogP contribution in [0.1, 0.15) is 68.8 Å². The van der Waals surface area contributed by atoms with E-state index in [0.717, 1.165) is 25.8 Å². The molecular weight excluding hydrogens is 529 g/mol. The molecule has 5 atom stereocenters. The van der Waals surface area contributed by atoms with E-state index in [1.807, 2.05) is 20.8 Å². The van der Waals surface area contributed by atoms with Crippen LogP contribution in [0.4, 0.5) is 4.39 Å². The predicted molar refractivity (Wildman–Crippen MR) is 156 cm³/mol. The van der Waals surface area contributed by atoms with Gasteiger partial charge in [0.05, 0.1) is 12.1 Å². The molecular formula is C31H42FN3O4S. The number of benzene rings is 2. The molecule has 2 aromatic carbocycles. The van der Waals surface area contributed by atoms with Gasteiger partial charge < -0.3 is 20.8 Å². The van der Waals surface area contributed by atoms with Crippen LogP contribution in [0, 0.1) is 24.6 Å². The molecule has 2 fully saturated rings. The predicted octanol–water partition coefficient (Wildman–Crippen LogP) is 4.84. The number of aromatic hydroxyl groups is 1. The minimum Gasteiger partial charge on any atom is -0.508 e. The number of nitrogens with one attached hydrogen (secondary N) is 2. The Labute approximate surface area is 240 Å². The van der Waals surface area contributed by atoms with Gasteiger partial charge in [-0.15, -0.1) is 0 Å². The molecule has 1 aliphatic heterocycles. The maximum absolute atomic E-state index is 13.6. The highest BCUT2D eigenvalue weighted by Crippen LogP contribution is 2.39. The lowest BCUT2D eigenvalue weighted by Gasteiger charge is -2.47. The van der Waals surface area contributed by atoms with Gasteiger partial charge in [0, 0.05) is 34.7 Å². The lowest BCUT2D eigenvalue weighted by atomic mass is 9.72. The topological polar surface area (TPSA) is 102 Å². The van der Waals surface area contributed by atoms with Gasteiger partial charge in [0.15, 0.2) is 0 Å². The van der Waals surface area contributed by atoms with E-state index in [4.69, 9.17) is 0 Å². The molecule has 2 amide bonds. The van der Waals surface area contributed by atoms with Gasteiger partial charge in [-0.2, -0.15) is 0 Å². The number of carbonyl (C=O) groups is 2. The lowest BCUT2D eigenvalue weighted by molar-refractivity contribution is -0.132. The van der Waals surface area contributed by atoms with Crippen molar-refractivity contribution in [2.45, 2.75) is 87.8 Å². The number of aliphatic hydroxyl groups is 1. The number of phenolic OH excluding ortho intramolecular Hbond substituents is 1. The van der Waals surface area contributed by atoms with Crippen molar-refractivity contribution in [3.05, 3.63) is 59.4 Å². The first-order chi connectivity index (χ1) is 18.9. The van der Waals surface area contributed by atoms with Crippen LogP contribution in [0.3, 0.4) is 0 Å². The van der Waals surface area contributed by atoms with E-state index < -0.39 is 17.4 Å². The van der Waals surface area contributed by atoms with Crippen LogP contribution in [0.5, 0.6) is 5.75 Å². The highest BCUT2D eigenvalue weighted by atomic mass is 32.2. The van der Waals surface area contributed by atoms with E-state index in [9.17, 15) is 24.2 Å². The maximum atomic E-state index is 13.6. The number of rotatable bonds is 8. The Morgan fingerprint density at radius 3 is 2.45 bits per heavy atom. The average Bonchev–Trinajstić information content (AvgIpc) is 2.89. The number of amides is 2. The molecule has 0 bridgehead atoms. The van der Waals surface area contributed by atoms with Crippen LogP contribution >= 0.6 is 11.8 Å². The molecule has 4 N–H and O–H groups in total. The summed E-state index contributed by atoms with van der Waals surface area (Å²) in [5.74, 6) is 0.150. The molecule has 0 spiro atoms. The number of hydrogen-bond donors (Lipinski definition) is 4. The second-order valence-electron chi connectivity index (χ2n) is 12.2. The van der Waals surface area contributed by atoms with Gasteiger partial charge >= 0.3 is 0 Å². The van der Waals surface area contributed by atoms with Gasteiger partial charge in [-0.05, 0) is 88.8 Å². The van der Waals surface area contributed by atoms with E-state index in [1.54, 1.807) is 31.2 Å². The highest BCUT2D eigenvalue weighted by Gasteiger charge is 2.42. The summed E-state index contributed by atoms with van der Waals surface area (Å²) in [6.45, 7) is 8.47. The standard InChI is InChI=1S/C31H42FN3O4S/c1-19-24(10-7-11-26(19)36)28(38)33-30(40-23-14-12-22(32)13-15-23)27(37)18-35-17-21-9-6-5-8-20(21)16-25(35)29(39)34-31(2,3)4/h7,10-15,20-21,25,27,30,36-37H,5-6,8-9,16-18H2,1-4H3,(H,33,38)(H,34,39)/t20-,21?,25-,27+,30-/m0/s1. The summed E-state index contributed by atoms with van der Waals surface area (Å²) in [4.78, 5) is 29.5. The number of β-amino-alcohol motifs (C(OH)–C–C–N with tert-alkyl or cyclic N) is 1. The van der Waals surface area contributed by atoms with Crippen LogP contribution in [0.15, 0.2) is 47.4 Å². The number of hydrogen-bond acceptors (Lipinski definition) is 6. The van der Waals surface area contributed by atoms with E-state index in [0.29, 0.717) is 27.9 Å². The fourth-order valence-corrected chi connectivity index (χ4v) is 6.90. The summed E-state index contributed by atoms with van der Waals surface area (Å²) in [6.07, 6.45) is 4.34. The summed E-state index contributed by atoms with van der Waals surface area (Å²) in [6, 6.07) is 10.3. The molecule has 4 rings (SSSR count). The lowest BCUT2D eigenvalue weighted by Crippen LogP contribution is -2.60. The van der Waals surface area contributed by atoms with E-state index in [-0.39, 0.29) is 35.6 Å². The van der Waals surface area contributed by atoms with Crippen molar-refractivity contribution in [3.63, 3.8) is 0 Å². The zero-order chi connectivity index (χ0) is 29.0. The first-order valence-electron chi connectivity index (χ1n) is 14.2. The largest absolute Gasteiger partial charge is 0.508 e. The normalized spacial score (nSPS) is 23.1. The molecule has 7 nitrogen and oxygen atoms in total. The summed E-state index contributed by atoms with van der Waals surface area (Å²) in [5.41, 5.74) is 0.374. The Bertz CT molecular complexity index is 1190. The third kappa shape index (κ3) is 7.77. The number of nitrogens with zero attached hydrogens (tertiary/aromatic N) is 1. The summed E-state index contributed by atoms with van der Waals surface area (Å²) in [7, 11) is 0. The third-order valence-corrected chi connectivity index (χ3v) is 9.20. The number of fused-ring (bicyclic) bond motifs is 1. The number of likely N-dealkylation sites (tertiary alicyclic amines) is 1. The van der Waals surface area contributed by atoms with Crippen LogP contribution in [0.2, 0.25) is 0 Å². The molecule has 1 unspecified atom stereocenters. The van der Waals surface area contributed by atoms with Crippen molar-refractivity contribution in [2.24, 2.45) is 11.8 Å². The molecule has 2 aliphatic rings. The third-order valence-electron chi connectivity index (χ3n) is 7.97. The van der Waals surface area contributed by atoms with Crippen LogP contribution in [-0.2, 0) is 4.79 Å². The zero-order valence-electron chi connectivity index (χ0n) is 23.8. The molecule has 0 aromatic heterocycles. The fraction of sp³-hybridized carbons (Fsp3) is 0.548. The van der Waals surface area contributed by atoms with E-state index >= 15 is 0 Å². The minimum atomic E-state index is -1.03. The second-order valence-corrected chi connectivity index (χ2v) is 13.4. The first-order valence-corrected chi connectivity index (χ1v) is 15.0. The van der Waals surface area contributed by atoms with Gasteiger partial charge in [-0.1, -0.05) is 37.1 Å². The Kier molecular flexibility index (Phi) is 9.80. The molecule has 1 heterocycles. The zero-order valence-corrected chi connectivity index (χ0v) is 24.6. The minimum absolute atomic E-state index is 0.0130. The van der Waals surface area contributed by atoms with Crippen LogP contribution in [-0.4, -0.2) is 63.1 Å². The molecule has 0 radical (unpaired) electrons. The molecule has 1 saturated carbocycles. The number of halogens is 1. The molecule has 2 aromatic rings. The Morgan fingerprint density at radius 1 is 1.10 bits per heavy atom. The van der Waals surface area contributed by atoms with Crippen molar-refractivity contribution in [2.75, 3.05) is 13.1 Å². The van der Waals surface area contributed by atoms with Crippen molar-refractivity contribution in [3.8, 4) is 5.75 Å². The molecule has 1 aliphatic carbocycles. The smallest absolute Gasteiger partial charge is 0.252 e.